The van der Waals surface area contributed by atoms with Crippen molar-refractivity contribution in [3.63, 3.8) is 0 Å². The summed E-state index contributed by atoms with van der Waals surface area (Å²) in [7, 11) is 1.67. The minimum Gasteiger partial charge on any atom is -0.497 e. The average molecular weight is 318 g/mol. The van der Waals surface area contributed by atoms with E-state index in [1.54, 1.807) is 7.11 Å². The summed E-state index contributed by atoms with van der Waals surface area (Å²) in [6.45, 7) is 3.10. The van der Waals surface area contributed by atoms with Crippen molar-refractivity contribution in [1.29, 1.82) is 0 Å². The van der Waals surface area contributed by atoms with Crippen LogP contribution in [0.25, 0.3) is 0 Å². The molecule has 0 radical (unpaired) electrons. The quantitative estimate of drug-likeness (QED) is 0.840. The van der Waals surface area contributed by atoms with Crippen LogP contribution in [0.5, 0.6) is 5.75 Å². The number of nitrogens with zero attached hydrogens (tertiary/aromatic N) is 1. The zero-order chi connectivity index (χ0) is 16.1. The van der Waals surface area contributed by atoms with Crippen LogP contribution in [-0.4, -0.2) is 50.4 Å². The molecule has 5 heteroatoms. The summed E-state index contributed by atoms with van der Waals surface area (Å²) in [5.41, 5.74) is 1.17. The molecule has 1 saturated heterocycles. The van der Waals surface area contributed by atoms with Crippen LogP contribution in [0.15, 0.2) is 24.3 Å². The largest absolute Gasteiger partial charge is 0.497 e. The van der Waals surface area contributed by atoms with E-state index in [1.807, 2.05) is 23.1 Å². The lowest BCUT2D eigenvalue weighted by Crippen LogP contribution is -2.44. The highest BCUT2D eigenvalue weighted by Crippen LogP contribution is 2.29. The second-order valence-corrected chi connectivity index (χ2v) is 6.45. The third-order valence-corrected chi connectivity index (χ3v) is 4.55. The Labute approximate surface area is 137 Å². The Morgan fingerprint density at radius 2 is 2.26 bits per heavy atom. The molecule has 1 saturated carbocycles. The molecule has 2 aliphatic rings. The molecule has 0 aromatic heterocycles. The van der Waals surface area contributed by atoms with Crippen LogP contribution in [0.1, 0.15) is 24.8 Å². The number of rotatable bonds is 7. The van der Waals surface area contributed by atoms with Crippen LogP contribution in [0.4, 0.5) is 4.79 Å². The number of nitrogens with one attached hydrogen (secondary N) is 1. The van der Waals surface area contributed by atoms with Gasteiger partial charge in [0.2, 0.25) is 0 Å². The van der Waals surface area contributed by atoms with Crippen molar-refractivity contribution >= 4 is 6.03 Å². The Kier molecular flexibility index (Phi) is 5.39. The molecule has 0 bridgehead atoms. The van der Waals surface area contributed by atoms with E-state index in [0.29, 0.717) is 18.5 Å². The number of carbonyl (C=O) groups excluding carboxylic acids is 1. The molecule has 1 atom stereocenters. The highest BCUT2D eigenvalue weighted by atomic mass is 16.5. The highest BCUT2D eigenvalue weighted by Gasteiger charge is 2.34. The second-order valence-electron chi connectivity index (χ2n) is 6.45. The predicted octanol–water partition coefficient (Wildman–Crippen LogP) is 2.45. The maximum absolute atomic E-state index is 12.5. The van der Waals surface area contributed by atoms with Crippen LogP contribution < -0.4 is 10.1 Å². The summed E-state index contributed by atoms with van der Waals surface area (Å²) in [4.78, 5) is 14.5. The van der Waals surface area contributed by atoms with E-state index in [0.717, 1.165) is 51.2 Å². The van der Waals surface area contributed by atoms with Crippen LogP contribution in [0.2, 0.25) is 0 Å². The van der Waals surface area contributed by atoms with E-state index in [2.05, 4.69) is 11.4 Å². The molecule has 1 aliphatic carbocycles. The van der Waals surface area contributed by atoms with Crippen LogP contribution in [0.3, 0.4) is 0 Å². The normalized spacial score (nSPS) is 20.3. The summed E-state index contributed by atoms with van der Waals surface area (Å²) < 4.78 is 10.7. The Morgan fingerprint density at radius 1 is 1.39 bits per heavy atom. The maximum atomic E-state index is 12.5. The summed E-state index contributed by atoms with van der Waals surface area (Å²) in [5, 5.41) is 3.07. The molecule has 23 heavy (non-hydrogen) atoms. The van der Waals surface area contributed by atoms with E-state index in [4.69, 9.17) is 9.47 Å². The topological polar surface area (TPSA) is 50.8 Å². The Hall–Kier alpha value is -1.75. The zero-order valence-corrected chi connectivity index (χ0v) is 13.8. The Bertz CT molecular complexity index is 525. The average Bonchev–Trinajstić information content (AvgIpc) is 3.28. The zero-order valence-electron chi connectivity index (χ0n) is 13.8. The van der Waals surface area contributed by atoms with Crippen LogP contribution in [-0.2, 0) is 11.2 Å². The van der Waals surface area contributed by atoms with E-state index in [-0.39, 0.29) is 6.03 Å². The van der Waals surface area contributed by atoms with Gasteiger partial charge in [-0.25, -0.2) is 4.79 Å². The van der Waals surface area contributed by atoms with Gasteiger partial charge in [-0.05, 0) is 43.4 Å². The van der Waals surface area contributed by atoms with Gasteiger partial charge >= 0.3 is 6.03 Å². The van der Waals surface area contributed by atoms with Gasteiger partial charge in [0, 0.05) is 31.7 Å². The van der Waals surface area contributed by atoms with E-state index < -0.39 is 0 Å². The van der Waals surface area contributed by atoms with Crippen molar-refractivity contribution < 1.29 is 14.3 Å². The predicted molar refractivity (Wildman–Crippen MR) is 88.8 cm³/mol. The number of carbonyl (C=O) groups is 1. The first kappa shape index (κ1) is 16.1. The van der Waals surface area contributed by atoms with Crippen molar-refractivity contribution in [2.75, 3.05) is 33.4 Å². The smallest absolute Gasteiger partial charge is 0.317 e. The molecule has 2 amide bonds. The van der Waals surface area contributed by atoms with Gasteiger partial charge in [-0.15, -0.1) is 0 Å². The molecular weight excluding hydrogens is 292 g/mol. The molecule has 1 aromatic rings. The first-order chi connectivity index (χ1) is 11.3. The van der Waals surface area contributed by atoms with Gasteiger partial charge in [0.25, 0.3) is 0 Å². The van der Waals surface area contributed by atoms with Gasteiger partial charge in [-0.1, -0.05) is 12.1 Å². The van der Waals surface area contributed by atoms with Crippen LogP contribution >= 0.6 is 0 Å². The molecular formula is C18H26N2O3. The van der Waals surface area contributed by atoms with E-state index in [9.17, 15) is 4.79 Å². The van der Waals surface area contributed by atoms with Gasteiger partial charge in [0.1, 0.15) is 5.75 Å². The monoisotopic (exact) mass is 318 g/mol. The van der Waals surface area contributed by atoms with Crippen molar-refractivity contribution in [3.05, 3.63) is 29.8 Å². The fourth-order valence-corrected chi connectivity index (χ4v) is 3.03. The van der Waals surface area contributed by atoms with Gasteiger partial charge in [-0.2, -0.15) is 0 Å². The summed E-state index contributed by atoms with van der Waals surface area (Å²) >= 11 is 0. The van der Waals surface area contributed by atoms with Gasteiger partial charge in [-0.3, -0.25) is 0 Å². The third-order valence-electron chi connectivity index (χ3n) is 4.55. The SMILES string of the molecule is COc1cccc(CCNC(=O)N(CC2CCOC2)C2CC2)c1. The molecule has 1 N–H and O–H groups in total. The molecule has 2 fully saturated rings. The van der Waals surface area contributed by atoms with Crippen molar-refractivity contribution in [2.45, 2.75) is 31.7 Å². The molecule has 126 valence electrons. The lowest BCUT2D eigenvalue weighted by Gasteiger charge is -2.25. The maximum Gasteiger partial charge on any atom is 0.317 e. The standard InChI is InChI=1S/C18H26N2O3/c1-22-17-4-2-3-14(11-17)7-9-19-18(21)20(16-5-6-16)12-15-8-10-23-13-15/h2-4,11,15-16H,5-10,12-13H2,1H3,(H,19,21). The van der Waals surface area contributed by atoms with E-state index >= 15 is 0 Å². The Morgan fingerprint density at radius 3 is 2.96 bits per heavy atom. The number of benzene rings is 1. The van der Waals surface area contributed by atoms with Crippen molar-refractivity contribution in [2.24, 2.45) is 5.92 Å². The molecule has 1 aliphatic heterocycles. The molecule has 5 nitrogen and oxygen atoms in total. The van der Waals surface area contributed by atoms with Gasteiger partial charge in [0.05, 0.1) is 13.7 Å². The van der Waals surface area contributed by atoms with Crippen molar-refractivity contribution in [3.8, 4) is 5.75 Å². The second kappa shape index (κ2) is 7.68. The van der Waals surface area contributed by atoms with Gasteiger partial charge < -0.3 is 19.7 Å². The molecule has 0 spiro atoms. The molecule has 1 aromatic carbocycles. The number of amides is 2. The van der Waals surface area contributed by atoms with Gasteiger partial charge in [0.15, 0.2) is 0 Å². The number of hydrogen-bond acceptors (Lipinski definition) is 3. The fraction of sp³-hybridized carbons (Fsp3) is 0.611. The number of urea groups is 1. The summed E-state index contributed by atoms with van der Waals surface area (Å²) in [5.74, 6) is 1.36. The van der Waals surface area contributed by atoms with Crippen LogP contribution in [0, 0.1) is 5.92 Å². The lowest BCUT2D eigenvalue weighted by molar-refractivity contribution is 0.162. The Balaban J connectivity index is 1.46. The summed E-state index contributed by atoms with van der Waals surface area (Å²) in [6, 6.07) is 8.49. The van der Waals surface area contributed by atoms with Crippen molar-refractivity contribution in [1.82, 2.24) is 10.2 Å². The molecule has 1 heterocycles. The first-order valence-electron chi connectivity index (χ1n) is 8.51. The molecule has 3 rings (SSSR count). The minimum atomic E-state index is 0.0716. The van der Waals surface area contributed by atoms with E-state index in [1.165, 1.54) is 5.56 Å². The first-order valence-corrected chi connectivity index (χ1v) is 8.51. The summed E-state index contributed by atoms with van der Waals surface area (Å²) in [6.07, 6.45) is 4.15. The number of ether oxygens (including phenoxy) is 2. The minimum absolute atomic E-state index is 0.0716. The lowest BCUT2D eigenvalue weighted by atomic mass is 10.1. The third kappa shape index (κ3) is 4.61. The molecule has 1 unspecified atom stereocenters. The number of methoxy groups -OCH3 is 1. The fourth-order valence-electron chi connectivity index (χ4n) is 3.03. The highest BCUT2D eigenvalue weighted by molar-refractivity contribution is 5.75. The number of hydrogen-bond donors (Lipinski definition) is 1.